The van der Waals surface area contributed by atoms with Crippen molar-refractivity contribution in [3.63, 3.8) is 0 Å². The van der Waals surface area contributed by atoms with Gasteiger partial charge in [-0.15, -0.1) is 0 Å². The Balaban J connectivity index is 2.14. The number of hydrogen-bond acceptors (Lipinski definition) is 10. The molecule has 0 aliphatic carbocycles. The molecule has 0 heterocycles. The molecule has 0 aromatic heterocycles. The first kappa shape index (κ1) is 29.7. The zero-order chi connectivity index (χ0) is 27.2. The van der Waals surface area contributed by atoms with Crippen LogP contribution in [0.3, 0.4) is 0 Å². The van der Waals surface area contributed by atoms with Crippen LogP contribution in [0.2, 0.25) is 0 Å². The fraction of sp³-hybridized carbons (Fsp3) is 0.481. The second kappa shape index (κ2) is 15.6. The van der Waals surface area contributed by atoms with E-state index in [9.17, 15) is 19.8 Å². The van der Waals surface area contributed by atoms with Crippen LogP contribution in [-0.2, 0) is 32.2 Å². The highest BCUT2D eigenvalue weighted by atomic mass is 16.5. The maximum Gasteiger partial charge on any atom is 0.320 e. The van der Waals surface area contributed by atoms with Gasteiger partial charge in [0.1, 0.15) is 0 Å². The van der Waals surface area contributed by atoms with Crippen molar-refractivity contribution in [3.8, 4) is 23.0 Å². The molecule has 0 bridgehead atoms. The van der Waals surface area contributed by atoms with E-state index >= 15 is 0 Å². The van der Waals surface area contributed by atoms with E-state index in [1.807, 2.05) is 9.80 Å². The fourth-order valence-corrected chi connectivity index (χ4v) is 3.93. The summed E-state index contributed by atoms with van der Waals surface area (Å²) in [6.45, 7) is 5.69. The number of phenols is 2. The van der Waals surface area contributed by atoms with Crippen LogP contribution in [0.25, 0.3) is 0 Å². The first-order chi connectivity index (χ1) is 17.8. The van der Waals surface area contributed by atoms with E-state index < -0.39 is 0 Å². The van der Waals surface area contributed by atoms with Gasteiger partial charge in [0.25, 0.3) is 0 Å². The molecule has 0 saturated heterocycles. The molecule has 0 radical (unpaired) electrons. The normalized spacial score (nSPS) is 11.0. The number of para-hydroxylation sites is 2. The molecule has 0 spiro atoms. The van der Waals surface area contributed by atoms with Crippen molar-refractivity contribution in [1.29, 1.82) is 0 Å². The predicted octanol–water partition coefficient (Wildman–Crippen LogP) is 2.94. The number of ether oxygens (including phenoxy) is 4. The summed E-state index contributed by atoms with van der Waals surface area (Å²) < 4.78 is 20.7. The molecule has 2 aromatic rings. The summed E-state index contributed by atoms with van der Waals surface area (Å²) in [5.74, 6) is 0.0244. The van der Waals surface area contributed by atoms with Crippen molar-refractivity contribution < 1.29 is 38.7 Å². The lowest BCUT2D eigenvalue weighted by molar-refractivity contribution is -0.145. The molecule has 0 unspecified atom stereocenters. The molecule has 0 saturated carbocycles. The summed E-state index contributed by atoms with van der Waals surface area (Å²) in [5, 5.41) is 21.0. The van der Waals surface area contributed by atoms with Gasteiger partial charge in [-0.05, 0) is 32.4 Å². The van der Waals surface area contributed by atoms with Crippen LogP contribution in [0.4, 0.5) is 0 Å². The largest absolute Gasteiger partial charge is 0.504 e. The number of methoxy groups -OCH3 is 2. The maximum atomic E-state index is 12.2. The van der Waals surface area contributed by atoms with Crippen LogP contribution in [0.1, 0.15) is 31.4 Å². The van der Waals surface area contributed by atoms with Gasteiger partial charge in [-0.1, -0.05) is 24.3 Å². The van der Waals surface area contributed by atoms with Gasteiger partial charge in [0.15, 0.2) is 23.0 Å². The Kier molecular flexibility index (Phi) is 12.5. The number of esters is 2. The number of carbonyl (C=O) groups excluding carboxylic acids is 2. The van der Waals surface area contributed by atoms with Crippen LogP contribution in [0.5, 0.6) is 23.0 Å². The highest BCUT2D eigenvalue weighted by Crippen LogP contribution is 2.31. The molecule has 10 heteroatoms. The standard InChI is InChI=1S/C27H38N2O8/c1-5-36-24(30)18-28(16-20-10-7-12-22(34-3)26(20)32)14-9-15-29(19-25(31)37-6-2)17-21-11-8-13-23(35-4)27(21)33/h7-8,10-13,32-33H,5-6,9,14-19H2,1-4H3. The minimum absolute atomic E-state index is 0.0243. The monoisotopic (exact) mass is 518 g/mol. The fourth-order valence-electron chi connectivity index (χ4n) is 3.93. The zero-order valence-electron chi connectivity index (χ0n) is 22.1. The number of phenolic OH excluding ortho intramolecular Hbond substituents is 2. The molecule has 0 aliphatic heterocycles. The van der Waals surface area contributed by atoms with Crippen LogP contribution in [0.15, 0.2) is 36.4 Å². The third-order valence-electron chi connectivity index (χ3n) is 5.66. The first-order valence-electron chi connectivity index (χ1n) is 12.3. The SMILES string of the molecule is CCOC(=O)CN(CCCN(CC(=O)OCC)Cc1cccc(OC)c1O)Cc1cccc(OC)c1O. The molecule has 37 heavy (non-hydrogen) atoms. The molecular weight excluding hydrogens is 480 g/mol. The molecule has 2 N–H and O–H groups in total. The van der Waals surface area contributed by atoms with E-state index in [1.54, 1.807) is 50.2 Å². The minimum atomic E-state index is -0.366. The lowest BCUT2D eigenvalue weighted by Crippen LogP contribution is -2.36. The van der Waals surface area contributed by atoms with Crippen LogP contribution < -0.4 is 9.47 Å². The minimum Gasteiger partial charge on any atom is -0.504 e. The predicted molar refractivity (Wildman–Crippen MR) is 138 cm³/mol. The molecule has 204 valence electrons. The Morgan fingerprint density at radius 2 is 1.14 bits per heavy atom. The second-order valence-electron chi connectivity index (χ2n) is 8.32. The van der Waals surface area contributed by atoms with E-state index in [-0.39, 0.29) is 49.7 Å². The van der Waals surface area contributed by atoms with E-state index in [4.69, 9.17) is 18.9 Å². The van der Waals surface area contributed by atoms with Gasteiger partial charge in [-0.2, -0.15) is 0 Å². The quantitative estimate of drug-likeness (QED) is 0.321. The van der Waals surface area contributed by atoms with Crippen molar-refractivity contribution in [2.45, 2.75) is 33.4 Å². The summed E-state index contributed by atoms with van der Waals surface area (Å²) in [6, 6.07) is 10.4. The number of rotatable bonds is 16. The summed E-state index contributed by atoms with van der Waals surface area (Å²) in [5.41, 5.74) is 1.24. The first-order valence-corrected chi connectivity index (χ1v) is 12.3. The average molecular weight is 519 g/mol. The van der Waals surface area contributed by atoms with Crippen molar-refractivity contribution in [1.82, 2.24) is 9.80 Å². The van der Waals surface area contributed by atoms with Crippen molar-refractivity contribution in [2.75, 3.05) is 53.6 Å². The third kappa shape index (κ3) is 9.47. The highest BCUT2D eigenvalue weighted by molar-refractivity contribution is 5.72. The van der Waals surface area contributed by atoms with Gasteiger partial charge < -0.3 is 29.2 Å². The average Bonchev–Trinajstić information content (AvgIpc) is 2.86. The van der Waals surface area contributed by atoms with Crippen molar-refractivity contribution >= 4 is 11.9 Å². The molecule has 10 nitrogen and oxygen atoms in total. The Labute approximate surface area is 218 Å². The van der Waals surface area contributed by atoms with Crippen molar-refractivity contribution in [2.24, 2.45) is 0 Å². The molecular formula is C27H38N2O8. The molecule has 2 rings (SSSR count). The molecule has 0 aliphatic rings. The molecule has 0 fully saturated rings. The lowest BCUT2D eigenvalue weighted by atomic mass is 10.1. The Hall–Kier alpha value is -3.50. The number of hydrogen-bond donors (Lipinski definition) is 2. The maximum absolute atomic E-state index is 12.2. The number of aromatic hydroxyl groups is 2. The van der Waals surface area contributed by atoms with Gasteiger partial charge in [-0.25, -0.2) is 0 Å². The van der Waals surface area contributed by atoms with Gasteiger partial charge >= 0.3 is 11.9 Å². The summed E-state index contributed by atoms with van der Waals surface area (Å²) >= 11 is 0. The smallest absolute Gasteiger partial charge is 0.320 e. The number of benzene rings is 2. The second-order valence-corrected chi connectivity index (χ2v) is 8.32. The van der Waals surface area contributed by atoms with Crippen molar-refractivity contribution in [3.05, 3.63) is 47.5 Å². The van der Waals surface area contributed by atoms with Crippen LogP contribution in [-0.4, -0.2) is 85.6 Å². The van der Waals surface area contributed by atoms with E-state index in [1.165, 1.54) is 14.2 Å². The zero-order valence-corrected chi connectivity index (χ0v) is 22.1. The van der Waals surface area contributed by atoms with E-state index in [0.29, 0.717) is 55.2 Å². The van der Waals surface area contributed by atoms with Gasteiger partial charge in [-0.3, -0.25) is 19.4 Å². The highest BCUT2D eigenvalue weighted by Gasteiger charge is 2.19. The Morgan fingerprint density at radius 1 is 0.730 bits per heavy atom. The summed E-state index contributed by atoms with van der Waals surface area (Å²) in [4.78, 5) is 28.2. The molecule has 0 amide bonds. The van der Waals surface area contributed by atoms with Crippen LogP contribution >= 0.6 is 0 Å². The number of nitrogens with zero attached hydrogens (tertiary/aromatic N) is 2. The van der Waals surface area contributed by atoms with Gasteiger partial charge in [0.05, 0.1) is 40.5 Å². The lowest BCUT2D eigenvalue weighted by Gasteiger charge is -2.26. The summed E-state index contributed by atoms with van der Waals surface area (Å²) in [6.07, 6.45) is 0.592. The van der Waals surface area contributed by atoms with E-state index in [2.05, 4.69) is 0 Å². The van der Waals surface area contributed by atoms with Gasteiger partial charge in [0.2, 0.25) is 0 Å². The van der Waals surface area contributed by atoms with Crippen LogP contribution in [0, 0.1) is 0 Å². The molecule has 0 atom stereocenters. The Morgan fingerprint density at radius 3 is 1.49 bits per heavy atom. The van der Waals surface area contributed by atoms with Gasteiger partial charge in [0, 0.05) is 37.3 Å². The topological polar surface area (TPSA) is 118 Å². The third-order valence-corrected chi connectivity index (χ3v) is 5.66. The Bertz CT molecular complexity index is 934. The summed E-state index contributed by atoms with van der Waals surface area (Å²) in [7, 11) is 2.96. The number of carbonyl (C=O) groups is 2. The molecule has 2 aromatic carbocycles. The van der Waals surface area contributed by atoms with E-state index in [0.717, 1.165) is 0 Å².